The first-order valence-corrected chi connectivity index (χ1v) is 11.4. The van der Waals surface area contributed by atoms with Crippen LogP contribution in [0.3, 0.4) is 0 Å². The zero-order valence-corrected chi connectivity index (χ0v) is 19.8. The summed E-state index contributed by atoms with van der Waals surface area (Å²) in [6.07, 6.45) is 12.4. The van der Waals surface area contributed by atoms with Crippen molar-refractivity contribution in [2.45, 2.75) is 112 Å². The Morgan fingerprint density at radius 2 is 1.25 bits per heavy atom. The first kappa shape index (κ1) is 31.6. The molecule has 0 fully saturated rings. The van der Waals surface area contributed by atoms with Crippen molar-refractivity contribution in [3.8, 4) is 0 Å². The van der Waals surface area contributed by atoms with Crippen LogP contribution in [0.5, 0.6) is 0 Å². The minimum absolute atomic E-state index is 0.183. The van der Waals surface area contributed by atoms with E-state index in [0.717, 1.165) is 63.3 Å². The molecule has 0 saturated carbocycles. The van der Waals surface area contributed by atoms with Gasteiger partial charge in [0, 0.05) is 19.4 Å². The Hall–Kier alpha value is -1.10. The van der Waals surface area contributed by atoms with Gasteiger partial charge in [-0.05, 0) is 38.1 Å². The second kappa shape index (κ2) is 25.9. The maximum atomic E-state index is 11.5. The molecule has 0 heterocycles. The predicted octanol–water partition coefficient (Wildman–Crippen LogP) is 5.16. The summed E-state index contributed by atoms with van der Waals surface area (Å²) >= 11 is 0. The normalized spacial score (nSPS) is 10.0. The second-order valence-corrected chi connectivity index (χ2v) is 8.16. The number of hydrogen-bond donors (Lipinski definition) is 3. The zero-order chi connectivity index (χ0) is 22.2. The third-order valence-corrected chi connectivity index (χ3v) is 4.22. The molecule has 0 bridgehead atoms. The number of rotatable bonds is 15. The van der Waals surface area contributed by atoms with Crippen molar-refractivity contribution in [3.05, 3.63) is 0 Å². The fourth-order valence-electron chi connectivity index (χ4n) is 2.69. The summed E-state index contributed by atoms with van der Waals surface area (Å²) in [5.74, 6) is 1.60. The largest absolute Gasteiger partial charge is 0.370 e. The predicted molar refractivity (Wildman–Crippen MR) is 123 cm³/mol. The Morgan fingerprint density at radius 3 is 1.71 bits per heavy atom. The molecule has 0 rings (SSSR count). The number of hydrogen-bond acceptors (Lipinski definition) is 3. The van der Waals surface area contributed by atoms with Crippen LogP contribution in [0.15, 0.2) is 0 Å². The average Bonchev–Trinajstić information content (AvgIpc) is 2.62. The molecule has 2 amide bonds. The van der Waals surface area contributed by atoms with Crippen molar-refractivity contribution >= 4 is 11.8 Å². The van der Waals surface area contributed by atoms with Gasteiger partial charge in [0.05, 0.1) is 0 Å². The molecule has 5 N–H and O–H groups in total. The van der Waals surface area contributed by atoms with Gasteiger partial charge in [-0.25, -0.2) is 0 Å². The summed E-state index contributed by atoms with van der Waals surface area (Å²) < 4.78 is 0. The van der Waals surface area contributed by atoms with Gasteiger partial charge >= 0.3 is 0 Å². The Morgan fingerprint density at radius 1 is 0.750 bits per heavy atom. The van der Waals surface area contributed by atoms with Gasteiger partial charge in [0.2, 0.25) is 11.8 Å². The summed E-state index contributed by atoms with van der Waals surface area (Å²) in [4.78, 5) is 22.1. The SMILES string of the molecule is CC(C)CCCCC(=O)NCCCCCCCC(N)=O.CCCC(C)C.CN. The van der Waals surface area contributed by atoms with Crippen LogP contribution in [0.1, 0.15) is 112 Å². The van der Waals surface area contributed by atoms with E-state index in [4.69, 9.17) is 5.73 Å². The van der Waals surface area contributed by atoms with Crippen molar-refractivity contribution < 1.29 is 9.59 Å². The summed E-state index contributed by atoms with van der Waals surface area (Å²) in [5.41, 5.74) is 9.57. The van der Waals surface area contributed by atoms with Crippen molar-refractivity contribution in [1.29, 1.82) is 0 Å². The fourth-order valence-corrected chi connectivity index (χ4v) is 2.69. The molecular formula is C23H51N3O2. The lowest BCUT2D eigenvalue weighted by molar-refractivity contribution is -0.121. The molecule has 0 aromatic heterocycles. The zero-order valence-electron chi connectivity index (χ0n) is 19.8. The Kier molecular flexibility index (Phi) is 29.2. The van der Waals surface area contributed by atoms with Crippen LogP contribution in [0.2, 0.25) is 0 Å². The van der Waals surface area contributed by atoms with E-state index in [1.54, 1.807) is 0 Å². The maximum absolute atomic E-state index is 11.5. The summed E-state index contributed by atoms with van der Waals surface area (Å²) in [6.45, 7) is 11.9. The molecule has 0 aliphatic heterocycles. The van der Waals surface area contributed by atoms with Crippen LogP contribution in [-0.2, 0) is 9.59 Å². The van der Waals surface area contributed by atoms with Gasteiger partial charge in [-0.15, -0.1) is 0 Å². The lowest BCUT2D eigenvalue weighted by atomic mass is 10.1. The van der Waals surface area contributed by atoms with Gasteiger partial charge in [0.1, 0.15) is 0 Å². The molecule has 0 spiro atoms. The molecule has 28 heavy (non-hydrogen) atoms. The molecule has 0 aromatic rings. The molecule has 5 heteroatoms. The number of carbonyl (C=O) groups is 2. The summed E-state index contributed by atoms with van der Waals surface area (Å²) in [5, 5.41) is 2.97. The third-order valence-electron chi connectivity index (χ3n) is 4.22. The summed E-state index contributed by atoms with van der Waals surface area (Å²) in [6, 6.07) is 0. The Labute approximate surface area is 175 Å². The Bertz CT molecular complexity index is 332. The topological polar surface area (TPSA) is 98.2 Å². The highest BCUT2D eigenvalue weighted by Crippen LogP contribution is 2.08. The highest BCUT2D eigenvalue weighted by atomic mass is 16.1. The van der Waals surface area contributed by atoms with Crippen molar-refractivity contribution in [1.82, 2.24) is 5.32 Å². The maximum Gasteiger partial charge on any atom is 0.219 e. The second-order valence-electron chi connectivity index (χ2n) is 8.16. The highest BCUT2D eigenvalue weighted by molar-refractivity contribution is 5.75. The van der Waals surface area contributed by atoms with Crippen molar-refractivity contribution in [3.63, 3.8) is 0 Å². The van der Waals surface area contributed by atoms with Gasteiger partial charge in [0.15, 0.2) is 0 Å². The molecule has 0 aliphatic carbocycles. The molecular weight excluding hydrogens is 350 g/mol. The van der Waals surface area contributed by atoms with Gasteiger partial charge in [0.25, 0.3) is 0 Å². The first-order valence-electron chi connectivity index (χ1n) is 11.4. The third kappa shape index (κ3) is 35.9. The van der Waals surface area contributed by atoms with E-state index in [-0.39, 0.29) is 11.8 Å². The molecule has 0 unspecified atom stereocenters. The lowest BCUT2D eigenvalue weighted by Gasteiger charge is -2.06. The number of carbonyl (C=O) groups excluding carboxylic acids is 2. The number of nitrogens with one attached hydrogen (secondary N) is 1. The van der Waals surface area contributed by atoms with E-state index >= 15 is 0 Å². The number of nitrogens with two attached hydrogens (primary N) is 2. The lowest BCUT2D eigenvalue weighted by Crippen LogP contribution is -2.23. The average molecular weight is 402 g/mol. The van der Waals surface area contributed by atoms with Gasteiger partial charge in [-0.1, -0.05) is 79.6 Å². The van der Waals surface area contributed by atoms with Crippen molar-refractivity contribution in [2.24, 2.45) is 23.3 Å². The number of amides is 2. The fraction of sp³-hybridized carbons (Fsp3) is 0.913. The van der Waals surface area contributed by atoms with Gasteiger partial charge in [-0.3, -0.25) is 9.59 Å². The van der Waals surface area contributed by atoms with E-state index in [1.807, 2.05) is 0 Å². The van der Waals surface area contributed by atoms with E-state index in [2.05, 4.69) is 45.7 Å². The van der Waals surface area contributed by atoms with Crippen LogP contribution in [0.25, 0.3) is 0 Å². The van der Waals surface area contributed by atoms with Gasteiger partial charge in [-0.2, -0.15) is 0 Å². The van der Waals surface area contributed by atoms with Crippen LogP contribution in [0.4, 0.5) is 0 Å². The van der Waals surface area contributed by atoms with Crippen LogP contribution < -0.4 is 16.8 Å². The van der Waals surface area contributed by atoms with E-state index in [1.165, 1.54) is 26.3 Å². The smallest absolute Gasteiger partial charge is 0.219 e. The van der Waals surface area contributed by atoms with Crippen LogP contribution in [-0.4, -0.2) is 25.4 Å². The number of primary amides is 1. The standard InChI is InChI=1S/C16H32N2O2.C6H14.CH5N/c1-14(2)10-7-8-12-16(20)18-13-9-5-3-4-6-11-15(17)19;1-4-5-6(2)3;1-2/h14H,3-13H2,1-2H3,(H2,17,19)(H,18,20);6H,4-5H2,1-3H3;2H2,1H3. The molecule has 170 valence electrons. The highest BCUT2D eigenvalue weighted by Gasteiger charge is 2.01. The molecule has 0 saturated heterocycles. The number of unbranched alkanes of at least 4 members (excludes halogenated alkanes) is 5. The van der Waals surface area contributed by atoms with E-state index in [0.29, 0.717) is 12.8 Å². The van der Waals surface area contributed by atoms with Crippen LogP contribution >= 0.6 is 0 Å². The van der Waals surface area contributed by atoms with E-state index in [9.17, 15) is 9.59 Å². The van der Waals surface area contributed by atoms with E-state index < -0.39 is 0 Å². The molecule has 0 atom stereocenters. The van der Waals surface area contributed by atoms with Crippen molar-refractivity contribution in [2.75, 3.05) is 13.6 Å². The first-order chi connectivity index (χ1) is 13.3. The minimum Gasteiger partial charge on any atom is -0.370 e. The Balaban J connectivity index is -0.000000660. The monoisotopic (exact) mass is 401 g/mol. The minimum atomic E-state index is -0.213. The molecule has 0 radical (unpaired) electrons. The molecule has 5 nitrogen and oxygen atoms in total. The van der Waals surface area contributed by atoms with Crippen LogP contribution in [0, 0.1) is 11.8 Å². The molecule has 0 aliphatic rings. The quantitative estimate of drug-likeness (QED) is 0.330. The summed E-state index contributed by atoms with van der Waals surface area (Å²) in [7, 11) is 1.50. The molecule has 0 aromatic carbocycles. The van der Waals surface area contributed by atoms with Gasteiger partial charge < -0.3 is 16.8 Å².